The topological polar surface area (TPSA) is 78.0 Å². The maximum atomic E-state index is 13.6. The Hall–Kier alpha value is -3.25. The van der Waals surface area contributed by atoms with Crippen LogP contribution in [0.1, 0.15) is 24.1 Å². The van der Waals surface area contributed by atoms with Gasteiger partial charge in [0.05, 0.1) is 5.39 Å². The molecule has 0 spiro atoms. The zero-order chi connectivity index (χ0) is 20.7. The van der Waals surface area contributed by atoms with Crippen molar-refractivity contribution >= 4 is 27.5 Å². The Kier molecular flexibility index (Phi) is 4.80. The fraction of sp³-hybridized carbons (Fsp3) is 0.174. The average Bonchev–Trinajstić information content (AvgIpc) is 3.12. The average molecular weight is 404 g/mol. The number of primary amides is 1. The third-order valence-electron chi connectivity index (χ3n) is 5.14. The van der Waals surface area contributed by atoms with E-state index in [0.29, 0.717) is 16.0 Å². The third kappa shape index (κ3) is 3.25. The normalized spacial score (nSPS) is 12.2. The summed E-state index contributed by atoms with van der Waals surface area (Å²) < 4.78 is 1.42. The van der Waals surface area contributed by atoms with Crippen molar-refractivity contribution in [3.63, 3.8) is 0 Å². The van der Waals surface area contributed by atoms with Crippen LogP contribution in [0.15, 0.2) is 58.7 Å². The van der Waals surface area contributed by atoms with Crippen molar-refractivity contribution in [2.75, 3.05) is 0 Å². The number of amides is 1. The van der Waals surface area contributed by atoms with Gasteiger partial charge in [-0.05, 0) is 31.9 Å². The number of aryl methyl sites for hydroxylation is 2. The van der Waals surface area contributed by atoms with Crippen molar-refractivity contribution in [2.45, 2.75) is 26.8 Å². The third-order valence-corrected chi connectivity index (χ3v) is 6.02. The Morgan fingerprint density at radius 1 is 1.10 bits per heavy atom. The van der Waals surface area contributed by atoms with Crippen LogP contribution in [0, 0.1) is 13.8 Å². The van der Waals surface area contributed by atoms with Gasteiger partial charge in [-0.3, -0.25) is 14.2 Å². The zero-order valence-electron chi connectivity index (χ0n) is 16.5. The lowest BCUT2D eigenvalue weighted by Gasteiger charge is -2.17. The molecule has 0 saturated heterocycles. The minimum atomic E-state index is -0.818. The van der Waals surface area contributed by atoms with E-state index in [0.717, 1.165) is 27.8 Å². The van der Waals surface area contributed by atoms with Crippen molar-refractivity contribution in [1.29, 1.82) is 0 Å². The van der Waals surface area contributed by atoms with Crippen molar-refractivity contribution in [3.8, 4) is 22.5 Å². The van der Waals surface area contributed by atoms with E-state index in [2.05, 4.69) is 6.07 Å². The van der Waals surface area contributed by atoms with E-state index < -0.39 is 11.9 Å². The standard InChI is InChI=1S/C23H21N3O2S/c1-13-9-10-17(14(2)11-13)18-12-29-22-19(18)23(28)26(15(3)20(24)27)21(25-22)16-7-5-4-6-8-16/h4-12,15H,1-3H3,(H2,24,27). The van der Waals surface area contributed by atoms with Gasteiger partial charge in [0.2, 0.25) is 5.91 Å². The Morgan fingerprint density at radius 3 is 2.48 bits per heavy atom. The van der Waals surface area contributed by atoms with E-state index in [9.17, 15) is 9.59 Å². The van der Waals surface area contributed by atoms with Crippen molar-refractivity contribution in [2.24, 2.45) is 5.73 Å². The molecule has 0 saturated carbocycles. The van der Waals surface area contributed by atoms with Crippen molar-refractivity contribution < 1.29 is 4.79 Å². The second-order valence-electron chi connectivity index (χ2n) is 7.20. The number of benzene rings is 2. The molecule has 2 aromatic heterocycles. The number of rotatable bonds is 4. The summed E-state index contributed by atoms with van der Waals surface area (Å²) in [6, 6.07) is 14.7. The van der Waals surface area contributed by atoms with Gasteiger partial charge in [-0.2, -0.15) is 0 Å². The Bertz CT molecular complexity index is 1290. The lowest BCUT2D eigenvalue weighted by atomic mass is 9.99. The summed E-state index contributed by atoms with van der Waals surface area (Å²) >= 11 is 1.43. The van der Waals surface area contributed by atoms with Gasteiger partial charge in [0.15, 0.2) is 0 Å². The number of hydrogen-bond donors (Lipinski definition) is 1. The van der Waals surface area contributed by atoms with Crippen molar-refractivity contribution in [3.05, 3.63) is 75.4 Å². The molecule has 1 atom stereocenters. The Morgan fingerprint density at radius 2 is 1.83 bits per heavy atom. The minimum absolute atomic E-state index is 0.253. The fourth-order valence-corrected chi connectivity index (χ4v) is 4.52. The molecule has 4 aromatic rings. The van der Waals surface area contributed by atoms with Gasteiger partial charge in [0.25, 0.3) is 5.56 Å². The minimum Gasteiger partial charge on any atom is -0.368 e. The summed E-state index contributed by atoms with van der Waals surface area (Å²) in [6.45, 7) is 5.70. The van der Waals surface area contributed by atoms with Crippen LogP contribution in [-0.2, 0) is 4.79 Å². The molecule has 0 radical (unpaired) electrons. The van der Waals surface area contributed by atoms with Crippen LogP contribution in [0.3, 0.4) is 0 Å². The van der Waals surface area contributed by atoms with E-state index >= 15 is 0 Å². The summed E-state index contributed by atoms with van der Waals surface area (Å²) in [6.07, 6.45) is 0. The maximum absolute atomic E-state index is 13.6. The molecule has 0 fully saturated rings. The van der Waals surface area contributed by atoms with Gasteiger partial charge in [-0.25, -0.2) is 4.98 Å². The molecule has 1 unspecified atom stereocenters. The number of thiophene rings is 1. The number of nitrogens with zero attached hydrogens (tertiary/aromatic N) is 2. The zero-order valence-corrected chi connectivity index (χ0v) is 17.3. The van der Waals surface area contributed by atoms with Crippen LogP contribution in [0.5, 0.6) is 0 Å². The molecule has 2 aromatic carbocycles. The molecular formula is C23H21N3O2S. The lowest BCUT2D eigenvalue weighted by molar-refractivity contribution is -0.120. The SMILES string of the molecule is Cc1ccc(-c2csc3nc(-c4ccccc4)n(C(C)C(N)=O)c(=O)c23)c(C)c1. The van der Waals surface area contributed by atoms with Gasteiger partial charge in [-0.15, -0.1) is 11.3 Å². The highest BCUT2D eigenvalue weighted by Crippen LogP contribution is 2.34. The first-order valence-electron chi connectivity index (χ1n) is 9.34. The second kappa shape index (κ2) is 7.29. The molecule has 2 heterocycles. The van der Waals surface area contributed by atoms with Gasteiger partial charge in [-0.1, -0.05) is 54.1 Å². The number of aromatic nitrogens is 2. The van der Waals surface area contributed by atoms with Gasteiger partial charge < -0.3 is 5.73 Å². The lowest BCUT2D eigenvalue weighted by Crippen LogP contribution is -2.33. The molecule has 0 bridgehead atoms. The number of hydrogen-bond acceptors (Lipinski definition) is 4. The molecule has 2 N–H and O–H groups in total. The molecule has 5 nitrogen and oxygen atoms in total. The van der Waals surface area contributed by atoms with Crippen LogP contribution in [0.4, 0.5) is 0 Å². The summed E-state index contributed by atoms with van der Waals surface area (Å²) in [7, 11) is 0. The second-order valence-corrected chi connectivity index (χ2v) is 8.06. The fourth-order valence-electron chi connectivity index (χ4n) is 3.59. The number of carbonyl (C=O) groups excluding carboxylic acids is 1. The molecule has 0 aliphatic heterocycles. The highest BCUT2D eigenvalue weighted by Gasteiger charge is 2.23. The maximum Gasteiger partial charge on any atom is 0.263 e. The summed E-state index contributed by atoms with van der Waals surface area (Å²) in [5, 5.41) is 2.49. The van der Waals surface area contributed by atoms with E-state index in [1.54, 1.807) is 6.92 Å². The Balaban J connectivity index is 2.07. The monoisotopic (exact) mass is 403 g/mol. The first kappa shape index (κ1) is 19.1. The Labute approximate surface area is 172 Å². The van der Waals surface area contributed by atoms with E-state index in [-0.39, 0.29) is 5.56 Å². The van der Waals surface area contributed by atoms with Gasteiger partial charge in [0, 0.05) is 16.5 Å². The van der Waals surface area contributed by atoms with E-state index in [4.69, 9.17) is 10.7 Å². The highest BCUT2D eigenvalue weighted by molar-refractivity contribution is 7.17. The summed E-state index contributed by atoms with van der Waals surface area (Å²) in [4.78, 5) is 31.0. The first-order valence-corrected chi connectivity index (χ1v) is 10.2. The molecule has 0 aliphatic carbocycles. The smallest absolute Gasteiger partial charge is 0.263 e. The predicted molar refractivity (Wildman–Crippen MR) is 118 cm³/mol. The summed E-state index contributed by atoms with van der Waals surface area (Å²) in [5.41, 5.74) is 10.2. The molecular weight excluding hydrogens is 382 g/mol. The van der Waals surface area contributed by atoms with Crippen LogP contribution in [0.2, 0.25) is 0 Å². The van der Waals surface area contributed by atoms with Crippen LogP contribution in [0.25, 0.3) is 32.7 Å². The van der Waals surface area contributed by atoms with E-state index in [1.807, 2.05) is 61.7 Å². The molecule has 1 amide bonds. The van der Waals surface area contributed by atoms with Crippen LogP contribution >= 0.6 is 11.3 Å². The molecule has 29 heavy (non-hydrogen) atoms. The van der Waals surface area contributed by atoms with Crippen LogP contribution in [-0.4, -0.2) is 15.5 Å². The quantitative estimate of drug-likeness (QED) is 0.547. The van der Waals surface area contributed by atoms with Crippen molar-refractivity contribution in [1.82, 2.24) is 9.55 Å². The van der Waals surface area contributed by atoms with Gasteiger partial charge >= 0.3 is 0 Å². The molecule has 146 valence electrons. The van der Waals surface area contributed by atoms with Gasteiger partial charge in [0.1, 0.15) is 16.7 Å². The predicted octanol–water partition coefficient (Wildman–Crippen LogP) is 4.46. The molecule has 6 heteroatoms. The number of nitrogens with two attached hydrogens (primary N) is 1. The highest BCUT2D eigenvalue weighted by atomic mass is 32.1. The van der Waals surface area contributed by atoms with E-state index in [1.165, 1.54) is 15.9 Å². The molecule has 0 aliphatic rings. The van der Waals surface area contributed by atoms with Crippen LogP contribution < -0.4 is 11.3 Å². The summed E-state index contributed by atoms with van der Waals surface area (Å²) in [5.74, 6) is -0.128. The first-order chi connectivity index (χ1) is 13.9. The number of fused-ring (bicyclic) bond motifs is 1. The number of carbonyl (C=O) groups is 1. The molecule has 4 rings (SSSR count). The largest absolute Gasteiger partial charge is 0.368 e.